The van der Waals surface area contributed by atoms with E-state index in [1.807, 2.05) is 18.2 Å². The largest absolute Gasteiger partial charge is 0.486 e. The lowest BCUT2D eigenvalue weighted by molar-refractivity contribution is 0.158. The van der Waals surface area contributed by atoms with Gasteiger partial charge in [0.25, 0.3) is 0 Å². The summed E-state index contributed by atoms with van der Waals surface area (Å²) in [5.74, 6) is 1.30. The highest BCUT2D eigenvalue weighted by atomic mass is 35.5. The summed E-state index contributed by atoms with van der Waals surface area (Å²) in [7, 11) is 0. The minimum Gasteiger partial charge on any atom is -0.486 e. The van der Waals surface area contributed by atoms with Crippen LogP contribution in [0.3, 0.4) is 0 Å². The van der Waals surface area contributed by atoms with Crippen molar-refractivity contribution in [3.63, 3.8) is 0 Å². The fraction of sp³-hybridized carbons (Fsp3) is 0.200. The molecule has 1 N–H and O–H groups in total. The first-order valence-electron chi connectivity index (χ1n) is 6.08. The summed E-state index contributed by atoms with van der Waals surface area (Å²) in [5, 5.41) is 11.1. The molecule has 3 rings (SSSR count). The number of rotatable bonds is 2. The first-order valence-corrected chi connectivity index (χ1v) is 6.45. The Kier molecular flexibility index (Phi) is 3.32. The smallest absolute Gasteiger partial charge is 0.167 e. The standard InChI is InChI=1S/C15H13ClO3/c16-11-6-4-10(5-7-11)14(17)12-2-1-3-13-15(12)19-9-8-18-13/h1-7,14,17H,8-9H2. The molecule has 0 radical (unpaired) electrons. The Balaban J connectivity index is 1.99. The Morgan fingerprint density at radius 2 is 1.74 bits per heavy atom. The summed E-state index contributed by atoms with van der Waals surface area (Å²) in [6.07, 6.45) is -0.756. The van der Waals surface area contributed by atoms with Gasteiger partial charge in [0.1, 0.15) is 19.3 Å². The number of ether oxygens (including phenoxy) is 2. The molecule has 98 valence electrons. The van der Waals surface area contributed by atoms with Gasteiger partial charge in [-0.3, -0.25) is 0 Å². The van der Waals surface area contributed by atoms with Crippen LogP contribution in [0.2, 0.25) is 5.02 Å². The third-order valence-corrected chi connectivity index (χ3v) is 3.33. The molecule has 0 fully saturated rings. The van der Waals surface area contributed by atoms with Crippen LogP contribution in [0.5, 0.6) is 11.5 Å². The van der Waals surface area contributed by atoms with Gasteiger partial charge in [-0.2, -0.15) is 0 Å². The summed E-state index contributed by atoms with van der Waals surface area (Å²) >= 11 is 5.85. The van der Waals surface area contributed by atoms with E-state index in [1.165, 1.54) is 0 Å². The topological polar surface area (TPSA) is 38.7 Å². The monoisotopic (exact) mass is 276 g/mol. The van der Waals surface area contributed by atoms with Gasteiger partial charge in [0.05, 0.1) is 0 Å². The number of para-hydroxylation sites is 1. The van der Waals surface area contributed by atoms with Crippen molar-refractivity contribution in [3.05, 3.63) is 58.6 Å². The molecular formula is C15H13ClO3. The van der Waals surface area contributed by atoms with E-state index in [4.69, 9.17) is 21.1 Å². The Labute approximate surface area is 116 Å². The third kappa shape index (κ3) is 2.39. The van der Waals surface area contributed by atoms with Crippen molar-refractivity contribution >= 4 is 11.6 Å². The first kappa shape index (κ1) is 12.3. The molecule has 1 aliphatic heterocycles. The minimum atomic E-state index is -0.756. The van der Waals surface area contributed by atoms with Gasteiger partial charge in [0, 0.05) is 10.6 Å². The molecule has 1 atom stereocenters. The molecule has 2 aromatic carbocycles. The Hall–Kier alpha value is -1.71. The van der Waals surface area contributed by atoms with E-state index in [1.54, 1.807) is 24.3 Å². The van der Waals surface area contributed by atoms with E-state index in [0.717, 1.165) is 5.56 Å². The van der Waals surface area contributed by atoms with E-state index in [2.05, 4.69) is 0 Å². The second-order valence-corrected chi connectivity index (χ2v) is 4.76. The van der Waals surface area contributed by atoms with Crippen LogP contribution in [0.15, 0.2) is 42.5 Å². The van der Waals surface area contributed by atoms with Crippen LogP contribution < -0.4 is 9.47 Å². The minimum absolute atomic E-state index is 0.497. The zero-order valence-electron chi connectivity index (χ0n) is 10.2. The van der Waals surface area contributed by atoms with Gasteiger partial charge in [0.15, 0.2) is 11.5 Å². The maximum Gasteiger partial charge on any atom is 0.167 e. The predicted octanol–water partition coefficient (Wildman–Crippen LogP) is 3.19. The van der Waals surface area contributed by atoms with Gasteiger partial charge in [-0.05, 0) is 23.8 Å². The molecule has 0 aromatic heterocycles. The molecule has 0 bridgehead atoms. The number of hydrogen-bond acceptors (Lipinski definition) is 3. The third-order valence-electron chi connectivity index (χ3n) is 3.08. The summed E-state index contributed by atoms with van der Waals surface area (Å²) in [6, 6.07) is 12.6. The van der Waals surface area contributed by atoms with E-state index in [9.17, 15) is 5.11 Å². The molecule has 1 unspecified atom stereocenters. The van der Waals surface area contributed by atoms with Crippen LogP contribution in [0.25, 0.3) is 0 Å². The molecule has 0 saturated carbocycles. The zero-order valence-corrected chi connectivity index (χ0v) is 10.9. The normalized spacial score (nSPS) is 15.1. The van der Waals surface area contributed by atoms with E-state index in [0.29, 0.717) is 35.3 Å². The number of benzene rings is 2. The second kappa shape index (κ2) is 5.11. The molecule has 0 saturated heterocycles. The van der Waals surface area contributed by atoms with Gasteiger partial charge in [-0.25, -0.2) is 0 Å². The highest BCUT2D eigenvalue weighted by Gasteiger charge is 2.21. The van der Waals surface area contributed by atoms with E-state index >= 15 is 0 Å². The SMILES string of the molecule is OC(c1ccc(Cl)cc1)c1cccc2c1OCCO2. The maximum atomic E-state index is 10.5. The maximum absolute atomic E-state index is 10.5. The lowest BCUT2D eigenvalue weighted by atomic mass is 10.00. The van der Waals surface area contributed by atoms with Crippen LogP contribution >= 0.6 is 11.6 Å². The Morgan fingerprint density at radius 1 is 1.00 bits per heavy atom. The van der Waals surface area contributed by atoms with Gasteiger partial charge in [-0.15, -0.1) is 0 Å². The number of aliphatic hydroxyl groups is 1. The molecular weight excluding hydrogens is 264 g/mol. The molecule has 0 amide bonds. The summed E-state index contributed by atoms with van der Waals surface area (Å²) in [5.41, 5.74) is 1.48. The van der Waals surface area contributed by atoms with Gasteiger partial charge in [-0.1, -0.05) is 35.9 Å². The van der Waals surface area contributed by atoms with Crippen molar-refractivity contribution < 1.29 is 14.6 Å². The molecule has 0 aliphatic carbocycles. The molecule has 3 nitrogen and oxygen atoms in total. The lowest BCUT2D eigenvalue weighted by Gasteiger charge is -2.23. The Morgan fingerprint density at radius 3 is 2.53 bits per heavy atom. The predicted molar refractivity (Wildman–Crippen MR) is 72.9 cm³/mol. The molecule has 2 aromatic rings. The van der Waals surface area contributed by atoms with Gasteiger partial charge in [0.2, 0.25) is 0 Å². The van der Waals surface area contributed by atoms with Crippen LogP contribution in [-0.2, 0) is 0 Å². The number of aliphatic hydroxyl groups excluding tert-OH is 1. The molecule has 1 aliphatic rings. The molecule has 4 heteroatoms. The average molecular weight is 277 g/mol. The van der Waals surface area contributed by atoms with Crippen LogP contribution in [0.4, 0.5) is 0 Å². The molecule has 1 heterocycles. The van der Waals surface area contributed by atoms with Crippen molar-refractivity contribution in [2.24, 2.45) is 0 Å². The number of halogens is 1. The fourth-order valence-electron chi connectivity index (χ4n) is 2.14. The van der Waals surface area contributed by atoms with Crippen molar-refractivity contribution in [2.45, 2.75) is 6.10 Å². The molecule has 0 spiro atoms. The summed E-state index contributed by atoms with van der Waals surface area (Å²) in [6.45, 7) is 1.03. The molecule has 19 heavy (non-hydrogen) atoms. The zero-order chi connectivity index (χ0) is 13.2. The van der Waals surface area contributed by atoms with E-state index in [-0.39, 0.29) is 0 Å². The van der Waals surface area contributed by atoms with Gasteiger partial charge < -0.3 is 14.6 Å². The highest BCUT2D eigenvalue weighted by molar-refractivity contribution is 6.30. The number of hydrogen-bond donors (Lipinski definition) is 1. The van der Waals surface area contributed by atoms with E-state index < -0.39 is 6.10 Å². The Bertz CT molecular complexity index is 580. The second-order valence-electron chi connectivity index (χ2n) is 4.33. The van der Waals surface area contributed by atoms with Crippen LogP contribution in [-0.4, -0.2) is 18.3 Å². The van der Waals surface area contributed by atoms with Crippen LogP contribution in [0, 0.1) is 0 Å². The van der Waals surface area contributed by atoms with Crippen molar-refractivity contribution in [2.75, 3.05) is 13.2 Å². The highest BCUT2D eigenvalue weighted by Crippen LogP contribution is 2.39. The number of fused-ring (bicyclic) bond motifs is 1. The summed E-state index contributed by atoms with van der Waals surface area (Å²) < 4.78 is 11.1. The first-order chi connectivity index (χ1) is 9.25. The van der Waals surface area contributed by atoms with Crippen molar-refractivity contribution in [1.29, 1.82) is 0 Å². The fourth-order valence-corrected chi connectivity index (χ4v) is 2.26. The van der Waals surface area contributed by atoms with Crippen LogP contribution in [0.1, 0.15) is 17.2 Å². The van der Waals surface area contributed by atoms with Crippen molar-refractivity contribution in [1.82, 2.24) is 0 Å². The summed E-state index contributed by atoms with van der Waals surface area (Å²) in [4.78, 5) is 0. The lowest BCUT2D eigenvalue weighted by Crippen LogP contribution is -2.17. The van der Waals surface area contributed by atoms with Gasteiger partial charge >= 0.3 is 0 Å². The average Bonchev–Trinajstić information content (AvgIpc) is 2.47. The quantitative estimate of drug-likeness (QED) is 0.915. The van der Waals surface area contributed by atoms with Crippen molar-refractivity contribution in [3.8, 4) is 11.5 Å².